The van der Waals surface area contributed by atoms with Gasteiger partial charge in [-0.1, -0.05) is 0 Å². The average molecular weight is 221 g/mol. The van der Waals surface area contributed by atoms with E-state index in [4.69, 9.17) is 5.73 Å². The molecular weight excluding hydrogens is 209 g/mol. The molecule has 0 radical (unpaired) electrons. The van der Waals surface area contributed by atoms with Crippen LogP contribution in [-0.2, 0) is 0 Å². The molecule has 1 heterocycles. The quantitative estimate of drug-likeness (QED) is 0.729. The highest BCUT2D eigenvalue weighted by atomic mass is 32.1. The summed E-state index contributed by atoms with van der Waals surface area (Å²) in [4.78, 5) is 1.11. The molecule has 0 saturated carbocycles. The molecular formula is C12H12FNS. The van der Waals surface area contributed by atoms with E-state index in [9.17, 15) is 4.39 Å². The Morgan fingerprint density at radius 3 is 2.53 bits per heavy atom. The van der Waals surface area contributed by atoms with E-state index >= 15 is 0 Å². The maximum absolute atomic E-state index is 13.7. The first-order chi connectivity index (χ1) is 7.09. The van der Waals surface area contributed by atoms with Gasteiger partial charge >= 0.3 is 0 Å². The number of aryl methyl sites for hydroxylation is 2. The molecule has 0 bridgehead atoms. The number of halogens is 1. The topological polar surface area (TPSA) is 26.0 Å². The van der Waals surface area contributed by atoms with Gasteiger partial charge in [-0.25, -0.2) is 4.39 Å². The van der Waals surface area contributed by atoms with Crippen LogP contribution in [0, 0.1) is 19.7 Å². The van der Waals surface area contributed by atoms with Crippen LogP contribution in [-0.4, -0.2) is 0 Å². The Bertz CT molecular complexity index is 502. The Morgan fingerprint density at radius 1 is 1.20 bits per heavy atom. The minimum Gasteiger partial charge on any atom is -0.398 e. The summed E-state index contributed by atoms with van der Waals surface area (Å²) in [5.41, 5.74) is 8.73. The standard InChI is InChI=1S/C12H12FNS/c1-7-5-11(13)10(6-12(7)14)9-3-4-15-8(9)2/h3-6H,14H2,1-2H3. The van der Waals surface area contributed by atoms with Crippen LogP contribution in [0.15, 0.2) is 23.6 Å². The lowest BCUT2D eigenvalue weighted by Gasteiger charge is -2.06. The fourth-order valence-corrected chi connectivity index (χ4v) is 2.27. The first kappa shape index (κ1) is 10.2. The van der Waals surface area contributed by atoms with E-state index < -0.39 is 0 Å². The molecule has 0 atom stereocenters. The third kappa shape index (κ3) is 1.75. The summed E-state index contributed by atoms with van der Waals surface area (Å²) in [5.74, 6) is -0.205. The van der Waals surface area contributed by atoms with Crippen molar-refractivity contribution in [2.45, 2.75) is 13.8 Å². The lowest BCUT2D eigenvalue weighted by atomic mass is 10.0. The molecule has 0 saturated heterocycles. The van der Waals surface area contributed by atoms with Gasteiger partial charge in [0.15, 0.2) is 0 Å². The summed E-state index contributed by atoms with van der Waals surface area (Å²) >= 11 is 1.61. The maximum atomic E-state index is 13.7. The van der Waals surface area contributed by atoms with Gasteiger partial charge in [0.25, 0.3) is 0 Å². The summed E-state index contributed by atoms with van der Waals surface area (Å²) < 4.78 is 13.7. The van der Waals surface area contributed by atoms with Crippen molar-refractivity contribution in [2.75, 3.05) is 5.73 Å². The second-order valence-electron chi connectivity index (χ2n) is 3.58. The Kier molecular flexibility index (Phi) is 2.49. The smallest absolute Gasteiger partial charge is 0.131 e. The second kappa shape index (κ2) is 3.66. The molecule has 2 N–H and O–H groups in total. The van der Waals surface area contributed by atoms with E-state index in [2.05, 4.69) is 0 Å². The largest absolute Gasteiger partial charge is 0.398 e. The molecule has 0 unspecified atom stereocenters. The van der Waals surface area contributed by atoms with Gasteiger partial charge in [0.05, 0.1) is 0 Å². The number of nitrogens with two attached hydrogens (primary N) is 1. The molecule has 15 heavy (non-hydrogen) atoms. The number of rotatable bonds is 1. The van der Waals surface area contributed by atoms with Crippen molar-refractivity contribution in [3.05, 3.63) is 39.8 Å². The van der Waals surface area contributed by atoms with Crippen LogP contribution < -0.4 is 5.73 Å². The highest BCUT2D eigenvalue weighted by molar-refractivity contribution is 7.10. The third-order valence-corrected chi connectivity index (χ3v) is 3.35. The van der Waals surface area contributed by atoms with Crippen molar-refractivity contribution in [1.29, 1.82) is 0 Å². The highest BCUT2D eigenvalue weighted by Gasteiger charge is 2.10. The Balaban J connectivity index is 2.64. The van der Waals surface area contributed by atoms with Crippen LogP contribution in [0.2, 0.25) is 0 Å². The molecule has 1 nitrogen and oxygen atoms in total. The Labute approximate surface area is 92.4 Å². The van der Waals surface area contributed by atoms with Crippen molar-refractivity contribution in [2.24, 2.45) is 0 Å². The van der Waals surface area contributed by atoms with Gasteiger partial charge in [0.1, 0.15) is 5.82 Å². The van der Waals surface area contributed by atoms with E-state index in [1.165, 1.54) is 6.07 Å². The Morgan fingerprint density at radius 2 is 1.93 bits per heavy atom. The number of anilines is 1. The highest BCUT2D eigenvalue weighted by Crippen LogP contribution is 2.32. The van der Waals surface area contributed by atoms with Gasteiger partial charge in [-0.05, 0) is 48.6 Å². The SMILES string of the molecule is Cc1cc(F)c(-c2ccsc2C)cc1N. The van der Waals surface area contributed by atoms with Crippen LogP contribution in [0.1, 0.15) is 10.4 Å². The van der Waals surface area contributed by atoms with Gasteiger partial charge in [0, 0.05) is 16.1 Å². The number of hydrogen-bond acceptors (Lipinski definition) is 2. The molecule has 2 rings (SSSR count). The molecule has 0 aliphatic heterocycles. The lowest BCUT2D eigenvalue weighted by Crippen LogP contribution is -1.93. The molecule has 0 aliphatic carbocycles. The monoisotopic (exact) mass is 221 g/mol. The molecule has 1 aromatic carbocycles. The number of hydrogen-bond donors (Lipinski definition) is 1. The average Bonchev–Trinajstić information content (AvgIpc) is 2.58. The van der Waals surface area contributed by atoms with E-state index in [0.29, 0.717) is 11.3 Å². The van der Waals surface area contributed by atoms with Crippen molar-refractivity contribution in [3.8, 4) is 11.1 Å². The predicted molar refractivity (Wildman–Crippen MR) is 63.6 cm³/mol. The van der Waals surface area contributed by atoms with Crippen LogP contribution >= 0.6 is 11.3 Å². The van der Waals surface area contributed by atoms with Crippen molar-refractivity contribution >= 4 is 17.0 Å². The zero-order valence-corrected chi connectivity index (χ0v) is 9.49. The van der Waals surface area contributed by atoms with E-state index in [0.717, 1.165) is 16.0 Å². The molecule has 3 heteroatoms. The minimum absolute atomic E-state index is 0.205. The fraction of sp³-hybridized carbons (Fsp3) is 0.167. The summed E-state index contributed by atoms with van der Waals surface area (Å²) in [6, 6.07) is 5.12. The van der Waals surface area contributed by atoms with Gasteiger partial charge in [-0.2, -0.15) is 0 Å². The van der Waals surface area contributed by atoms with E-state index in [1.807, 2.05) is 25.3 Å². The summed E-state index contributed by atoms with van der Waals surface area (Å²) in [6.07, 6.45) is 0. The molecule has 78 valence electrons. The van der Waals surface area contributed by atoms with Crippen LogP contribution in [0.25, 0.3) is 11.1 Å². The van der Waals surface area contributed by atoms with E-state index in [1.54, 1.807) is 17.4 Å². The van der Waals surface area contributed by atoms with E-state index in [-0.39, 0.29) is 5.82 Å². The summed E-state index contributed by atoms with van der Waals surface area (Å²) in [5, 5.41) is 1.96. The van der Waals surface area contributed by atoms with Crippen LogP contribution in [0.3, 0.4) is 0 Å². The fourth-order valence-electron chi connectivity index (χ4n) is 1.56. The van der Waals surface area contributed by atoms with Crippen molar-refractivity contribution < 1.29 is 4.39 Å². The third-order valence-electron chi connectivity index (χ3n) is 2.50. The van der Waals surface area contributed by atoms with Crippen molar-refractivity contribution in [1.82, 2.24) is 0 Å². The van der Waals surface area contributed by atoms with Gasteiger partial charge < -0.3 is 5.73 Å². The minimum atomic E-state index is -0.205. The summed E-state index contributed by atoms with van der Waals surface area (Å²) in [6.45, 7) is 3.79. The maximum Gasteiger partial charge on any atom is 0.131 e. The second-order valence-corrected chi connectivity index (χ2v) is 4.70. The lowest BCUT2D eigenvalue weighted by molar-refractivity contribution is 0.630. The summed E-state index contributed by atoms with van der Waals surface area (Å²) in [7, 11) is 0. The predicted octanol–water partition coefficient (Wildman–Crippen LogP) is 3.75. The molecule has 0 fully saturated rings. The zero-order chi connectivity index (χ0) is 11.0. The molecule has 0 spiro atoms. The first-order valence-corrected chi connectivity index (χ1v) is 5.57. The van der Waals surface area contributed by atoms with Crippen LogP contribution in [0.4, 0.5) is 10.1 Å². The van der Waals surface area contributed by atoms with Crippen molar-refractivity contribution in [3.63, 3.8) is 0 Å². The molecule has 0 aliphatic rings. The van der Waals surface area contributed by atoms with Gasteiger partial charge in [0.2, 0.25) is 0 Å². The number of thiophene rings is 1. The number of benzene rings is 1. The first-order valence-electron chi connectivity index (χ1n) is 4.69. The van der Waals surface area contributed by atoms with Gasteiger partial charge in [-0.15, -0.1) is 11.3 Å². The molecule has 2 aromatic rings. The molecule has 0 amide bonds. The molecule has 1 aromatic heterocycles. The Hall–Kier alpha value is -1.35. The zero-order valence-electron chi connectivity index (χ0n) is 8.67. The normalized spacial score (nSPS) is 10.6. The van der Waals surface area contributed by atoms with Gasteiger partial charge in [-0.3, -0.25) is 0 Å². The number of nitrogen functional groups attached to an aromatic ring is 1. The van der Waals surface area contributed by atoms with Crippen LogP contribution in [0.5, 0.6) is 0 Å².